The second-order valence-corrected chi connectivity index (χ2v) is 20.9. The third-order valence-electron chi connectivity index (χ3n) is 8.57. The first-order valence-electron chi connectivity index (χ1n) is 13.8. The smallest absolute Gasteiger partial charge is 0.147 e. The van der Waals surface area contributed by atoms with Crippen LogP contribution in [0.5, 0.6) is 0 Å². The van der Waals surface area contributed by atoms with Crippen LogP contribution in [0.15, 0.2) is 109 Å². The van der Waals surface area contributed by atoms with Gasteiger partial charge in [0, 0.05) is 0 Å². The normalized spacial score (nSPS) is 18.6. The van der Waals surface area contributed by atoms with Gasteiger partial charge >= 0.3 is 230 Å². The van der Waals surface area contributed by atoms with Gasteiger partial charge in [-0.25, -0.2) is 0 Å². The van der Waals surface area contributed by atoms with E-state index in [9.17, 15) is 0 Å². The molecule has 3 aliphatic carbocycles. The molecule has 39 heavy (non-hydrogen) atoms. The molecular weight excluding hydrogens is 682 g/mol. The van der Waals surface area contributed by atoms with Crippen molar-refractivity contribution in [1.29, 1.82) is 0 Å². The number of allylic oxidation sites excluding steroid dienone is 2. The van der Waals surface area contributed by atoms with Crippen LogP contribution in [-0.4, -0.2) is 3.26 Å². The fourth-order valence-electron chi connectivity index (χ4n) is 6.85. The van der Waals surface area contributed by atoms with Gasteiger partial charge < -0.3 is 0 Å². The molecule has 4 aromatic rings. The number of rotatable bonds is 4. The average Bonchev–Trinajstić information content (AvgIpc) is 3.60. The number of hydrogen-bond donors (Lipinski definition) is 0. The van der Waals surface area contributed by atoms with Crippen molar-refractivity contribution in [3.8, 4) is 22.3 Å². The zero-order chi connectivity index (χ0) is 24.6. The fraction of sp³-hybridized carbons (Fsp3) is 0.194. The summed E-state index contributed by atoms with van der Waals surface area (Å²) in [5.41, 5.74) is 11.6. The first-order chi connectivity index (χ1) is 18.4. The first kappa shape index (κ1) is 28.2. The summed E-state index contributed by atoms with van der Waals surface area (Å²) in [6.07, 6.45) is 17.1. The standard InChI is InChI=1S/2C15H11.C6H10.2ClH.Hf/c2*1-2-6-12(7-3-1)14-10-4-8-13-9-5-11-15(13)14;1-2-4-6-5-3-1;;;/h2*1-11H;1-5H2;2*1H;. The van der Waals surface area contributed by atoms with Gasteiger partial charge in [-0.05, 0) is 0 Å². The fourth-order valence-corrected chi connectivity index (χ4v) is 21.1. The molecule has 1 fully saturated rings. The summed E-state index contributed by atoms with van der Waals surface area (Å²) in [7, 11) is 0. The third kappa shape index (κ3) is 5.26. The largest absolute Gasteiger partial charge is 0.147 e. The summed E-state index contributed by atoms with van der Waals surface area (Å²) >= 11 is -2.39. The van der Waals surface area contributed by atoms with E-state index < -0.39 is 21.0 Å². The maximum absolute atomic E-state index is 2.62. The molecular formula is C36H34Cl2Hf. The molecule has 0 bridgehead atoms. The molecule has 0 aliphatic heterocycles. The van der Waals surface area contributed by atoms with E-state index in [4.69, 9.17) is 0 Å². The Hall–Kier alpha value is -2.32. The molecule has 4 aromatic carbocycles. The molecule has 3 aliphatic rings. The third-order valence-corrected chi connectivity index (χ3v) is 21.7. The van der Waals surface area contributed by atoms with E-state index >= 15 is 0 Å². The summed E-state index contributed by atoms with van der Waals surface area (Å²) in [5.74, 6) is 0. The molecule has 0 saturated heterocycles. The maximum atomic E-state index is 2.62. The van der Waals surface area contributed by atoms with E-state index in [1.54, 1.807) is 11.1 Å². The number of hydrogen-bond acceptors (Lipinski definition) is 0. The number of fused-ring (bicyclic) bond motifs is 2. The van der Waals surface area contributed by atoms with Crippen LogP contribution in [0.1, 0.15) is 61.7 Å². The average molecular weight is 716 g/mol. The Balaban J connectivity index is 0.00000154. The molecule has 2 atom stereocenters. The van der Waals surface area contributed by atoms with Gasteiger partial charge in [-0.3, -0.25) is 0 Å². The van der Waals surface area contributed by atoms with Crippen LogP contribution in [0, 0.1) is 0 Å². The topological polar surface area (TPSA) is 0 Å². The molecule has 196 valence electrons. The van der Waals surface area contributed by atoms with E-state index in [-0.39, 0.29) is 24.8 Å². The Morgan fingerprint density at radius 2 is 0.949 bits per heavy atom. The summed E-state index contributed by atoms with van der Waals surface area (Å²) in [4.78, 5) is 0. The quantitative estimate of drug-likeness (QED) is 0.185. The predicted molar refractivity (Wildman–Crippen MR) is 170 cm³/mol. The van der Waals surface area contributed by atoms with Crippen LogP contribution >= 0.6 is 24.8 Å². The number of halogens is 2. The van der Waals surface area contributed by atoms with Crippen molar-refractivity contribution in [3.05, 3.63) is 131 Å². The molecule has 3 heteroatoms. The molecule has 1 saturated carbocycles. The van der Waals surface area contributed by atoms with E-state index in [2.05, 4.69) is 121 Å². The van der Waals surface area contributed by atoms with Gasteiger partial charge in [-0.2, -0.15) is 0 Å². The van der Waals surface area contributed by atoms with Crippen molar-refractivity contribution in [1.82, 2.24) is 0 Å². The van der Waals surface area contributed by atoms with E-state index in [1.807, 2.05) is 3.26 Å². The minimum Gasteiger partial charge on any atom is -0.147 e. The molecule has 0 spiro atoms. The molecule has 2 unspecified atom stereocenters. The van der Waals surface area contributed by atoms with E-state index in [0.717, 1.165) is 0 Å². The molecule has 0 heterocycles. The second-order valence-electron chi connectivity index (χ2n) is 10.6. The Morgan fingerprint density at radius 1 is 0.487 bits per heavy atom. The minimum atomic E-state index is -2.39. The van der Waals surface area contributed by atoms with Crippen LogP contribution in [0.2, 0.25) is 0 Å². The van der Waals surface area contributed by atoms with E-state index in [1.165, 1.54) is 65.5 Å². The predicted octanol–water partition coefficient (Wildman–Crippen LogP) is 10.5. The van der Waals surface area contributed by atoms with E-state index in [0.29, 0.717) is 7.35 Å². The molecule has 0 N–H and O–H groups in total. The van der Waals surface area contributed by atoms with Crippen molar-refractivity contribution in [2.45, 2.75) is 39.5 Å². The van der Waals surface area contributed by atoms with Gasteiger partial charge in [0.2, 0.25) is 0 Å². The van der Waals surface area contributed by atoms with Crippen LogP contribution < -0.4 is 0 Å². The Kier molecular flexibility index (Phi) is 9.02. The molecule has 7 rings (SSSR count). The SMILES string of the molecule is C1=C[CH]([Hf](=[C]2CCCCC2)[CH]2C=Cc3c(-c4ccccc4)cccc32)c2cccc(-c3ccccc3)c21.Cl.Cl. The molecule has 0 aromatic heterocycles. The van der Waals surface area contributed by atoms with Gasteiger partial charge in [0.05, 0.1) is 0 Å². The van der Waals surface area contributed by atoms with Crippen molar-refractivity contribution >= 4 is 40.2 Å². The molecule has 0 nitrogen and oxygen atoms in total. The molecule has 0 radical (unpaired) electrons. The van der Waals surface area contributed by atoms with Crippen molar-refractivity contribution < 1.29 is 21.0 Å². The monoisotopic (exact) mass is 716 g/mol. The Morgan fingerprint density at radius 3 is 1.41 bits per heavy atom. The zero-order valence-electron chi connectivity index (χ0n) is 22.1. The van der Waals surface area contributed by atoms with Crippen LogP contribution in [0.3, 0.4) is 0 Å². The van der Waals surface area contributed by atoms with Gasteiger partial charge in [0.1, 0.15) is 0 Å². The van der Waals surface area contributed by atoms with Gasteiger partial charge in [0.25, 0.3) is 0 Å². The zero-order valence-corrected chi connectivity index (χ0v) is 27.3. The van der Waals surface area contributed by atoms with Crippen molar-refractivity contribution in [2.24, 2.45) is 0 Å². The summed E-state index contributed by atoms with van der Waals surface area (Å²) < 4.78 is 3.27. The van der Waals surface area contributed by atoms with Crippen LogP contribution in [-0.2, 0) is 21.0 Å². The molecule has 0 amide bonds. The van der Waals surface area contributed by atoms with Crippen molar-refractivity contribution in [3.63, 3.8) is 0 Å². The number of benzene rings is 4. The van der Waals surface area contributed by atoms with Crippen molar-refractivity contribution in [2.75, 3.05) is 0 Å². The second kappa shape index (κ2) is 12.5. The van der Waals surface area contributed by atoms with Gasteiger partial charge in [-0.1, -0.05) is 0 Å². The van der Waals surface area contributed by atoms with Gasteiger partial charge in [0.15, 0.2) is 0 Å². The minimum absolute atomic E-state index is 0. The maximum Gasteiger partial charge on any atom is -0.147 e. The summed E-state index contributed by atoms with van der Waals surface area (Å²) in [6.45, 7) is 0. The Bertz CT molecular complexity index is 1440. The van der Waals surface area contributed by atoms with Gasteiger partial charge in [-0.15, -0.1) is 24.8 Å². The Labute approximate surface area is 252 Å². The van der Waals surface area contributed by atoms with Crippen LogP contribution in [0.4, 0.5) is 0 Å². The first-order valence-corrected chi connectivity index (χ1v) is 19.8. The van der Waals surface area contributed by atoms with Crippen LogP contribution in [0.25, 0.3) is 34.4 Å². The summed E-state index contributed by atoms with van der Waals surface area (Å²) in [6, 6.07) is 36.1. The summed E-state index contributed by atoms with van der Waals surface area (Å²) in [5, 5.41) is 0.